The van der Waals surface area contributed by atoms with Gasteiger partial charge in [0.15, 0.2) is 0 Å². The number of likely N-dealkylation sites (tertiary alicyclic amines) is 1. The minimum absolute atomic E-state index is 0.276. The number of ether oxygens (including phenoxy) is 1. The van der Waals surface area contributed by atoms with E-state index < -0.39 is 5.41 Å². The number of nitrogens with zero attached hydrogens (tertiary/aromatic N) is 1. The lowest BCUT2D eigenvalue weighted by molar-refractivity contribution is -0.139. The standard InChI is InChI=1S/C19H27NO2/c1-15(2)16-8-11-20(12-9-16)18(21)19(10-13-22-14-19)17-6-4-3-5-7-17/h3-7,15-16H,8-14H2,1-2H3. The van der Waals surface area contributed by atoms with E-state index in [0.29, 0.717) is 13.2 Å². The highest BCUT2D eigenvalue weighted by atomic mass is 16.5. The van der Waals surface area contributed by atoms with Crippen LogP contribution in [0.3, 0.4) is 0 Å². The number of benzene rings is 1. The Morgan fingerprint density at radius 2 is 1.91 bits per heavy atom. The second-order valence-electron chi connectivity index (χ2n) is 7.12. The summed E-state index contributed by atoms with van der Waals surface area (Å²) in [5, 5.41) is 0. The smallest absolute Gasteiger partial charge is 0.235 e. The fourth-order valence-corrected chi connectivity index (χ4v) is 3.91. The summed E-state index contributed by atoms with van der Waals surface area (Å²) < 4.78 is 5.64. The first-order valence-corrected chi connectivity index (χ1v) is 8.56. The largest absolute Gasteiger partial charge is 0.380 e. The summed E-state index contributed by atoms with van der Waals surface area (Å²) in [5.74, 6) is 1.75. The van der Waals surface area contributed by atoms with Crippen LogP contribution in [0, 0.1) is 11.8 Å². The molecule has 1 unspecified atom stereocenters. The lowest BCUT2D eigenvalue weighted by Crippen LogP contribution is -2.50. The van der Waals surface area contributed by atoms with Crippen molar-refractivity contribution in [3.8, 4) is 0 Å². The maximum atomic E-state index is 13.2. The topological polar surface area (TPSA) is 29.5 Å². The highest BCUT2D eigenvalue weighted by Gasteiger charge is 2.46. The molecule has 0 spiro atoms. The quantitative estimate of drug-likeness (QED) is 0.858. The van der Waals surface area contributed by atoms with Gasteiger partial charge in [-0.2, -0.15) is 0 Å². The van der Waals surface area contributed by atoms with Gasteiger partial charge in [0.2, 0.25) is 5.91 Å². The molecule has 1 aromatic carbocycles. The van der Waals surface area contributed by atoms with Crippen LogP contribution in [0.5, 0.6) is 0 Å². The van der Waals surface area contributed by atoms with Crippen molar-refractivity contribution < 1.29 is 9.53 Å². The molecule has 0 N–H and O–H groups in total. The molecule has 0 aromatic heterocycles. The molecule has 2 aliphatic rings. The van der Waals surface area contributed by atoms with Crippen molar-refractivity contribution in [3.63, 3.8) is 0 Å². The van der Waals surface area contributed by atoms with Crippen LogP contribution in [0.15, 0.2) is 30.3 Å². The molecule has 3 nitrogen and oxygen atoms in total. The van der Waals surface area contributed by atoms with Crippen LogP contribution in [-0.4, -0.2) is 37.1 Å². The van der Waals surface area contributed by atoms with Gasteiger partial charge in [-0.3, -0.25) is 4.79 Å². The summed E-state index contributed by atoms with van der Waals surface area (Å²) in [4.78, 5) is 15.3. The molecule has 22 heavy (non-hydrogen) atoms. The zero-order chi connectivity index (χ0) is 15.6. The van der Waals surface area contributed by atoms with Crippen molar-refractivity contribution >= 4 is 5.91 Å². The molecule has 3 heteroatoms. The van der Waals surface area contributed by atoms with Gasteiger partial charge < -0.3 is 9.64 Å². The number of hydrogen-bond acceptors (Lipinski definition) is 2. The van der Waals surface area contributed by atoms with Gasteiger partial charge >= 0.3 is 0 Å². The first-order valence-electron chi connectivity index (χ1n) is 8.56. The fraction of sp³-hybridized carbons (Fsp3) is 0.632. The van der Waals surface area contributed by atoms with E-state index in [4.69, 9.17) is 4.74 Å². The Morgan fingerprint density at radius 1 is 1.23 bits per heavy atom. The molecule has 0 saturated carbocycles. The van der Waals surface area contributed by atoms with E-state index in [1.165, 1.54) is 0 Å². The number of piperidine rings is 1. The number of carbonyl (C=O) groups is 1. The number of carbonyl (C=O) groups excluding carboxylic acids is 1. The minimum Gasteiger partial charge on any atom is -0.380 e. The molecule has 2 aliphatic heterocycles. The van der Waals surface area contributed by atoms with Gasteiger partial charge in [0.05, 0.1) is 12.0 Å². The van der Waals surface area contributed by atoms with E-state index in [1.54, 1.807) is 0 Å². The zero-order valence-corrected chi connectivity index (χ0v) is 13.8. The van der Waals surface area contributed by atoms with Crippen LogP contribution >= 0.6 is 0 Å². The maximum Gasteiger partial charge on any atom is 0.235 e. The molecule has 1 amide bonds. The molecular formula is C19H27NO2. The van der Waals surface area contributed by atoms with Gasteiger partial charge in [0.25, 0.3) is 0 Å². The molecule has 3 rings (SSSR count). The molecule has 0 radical (unpaired) electrons. The number of amides is 1. The van der Waals surface area contributed by atoms with Crippen molar-refractivity contribution in [2.75, 3.05) is 26.3 Å². The average Bonchev–Trinajstić information content (AvgIpc) is 3.06. The van der Waals surface area contributed by atoms with Crippen molar-refractivity contribution in [3.05, 3.63) is 35.9 Å². The monoisotopic (exact) mass is 301 g/mol. The molecule has 1 atom stereocenters. The molecular weight excluding hydrogens is 274 g/mol. The van der Waals surface area contributed by atoms with Crippen LogP contribution in [0.2, 0.25) is 0 Å². The summed E-state index contributed by atoms with van der Waals surface area (Å²) in [7, 11) is 0. The van der Waals surface area contributed by atoms with Gasteiger partial charge in [-0.15, -0.1) is 0 Å². The Balaban J connectivity index is 1.77. The van der Waals surface area contributed by atoms with Crippen LogP contribution in [0.25, 0.3) is 0 Å². The molecule has 2 heterocycles. The molecule has 120 valence electrons. The van der Waals surface area contributed by atoms with E-state index in [2.05, 4.69) is 30.9 Å². The Morgan fingerprint density at radius 3 is 2.45 bits per heavy atom. The second-order valence-corrected chi connectivity index (χ2v) is 7.12. The predicted octanol–water partition coefficient (Wildman–Crippen LogP) is 3.24. The van der Waals surface area contributed by atoms with Crippen LogP contribution in [0.1, 0.15) is 38.7 Å². The van der Waals surface area contributed by atoms with Crippen LogP contribution in [-0.2, 0) is 14.9 Å². The highest BCUT2D eigenvalue weighted by molar-refractivity contribution is 5.89. The third-order valence-corrected chi connectivity index (χ3v) is 5.53. The van der Waals surface area contributed by atoms with Gasteiger partial charge in [0, 0.05) is 19.7 Å². The molecule has 0 bridgehead atoms. The predicted molar refractivity (Wildman–Crippen MR) is 87.7 cm³/mol. The zero-order valence-electron chi connectivity index (χ0n) is 13.8. The summed E-state index contributed by atoms with van der Waals surface area (Å²) in [6.45, 7) is 7.59. The lowest BCUT2D eigenvalue weighted by atomic mass is 9.77. The Bertz CT molecular complexity index is 497. The first-order chi connectivity index (χ1) is 10.6. The van der Waals surface area contributed by atoms with E-state index in [1.807, 2.05) is 18.2 Å². The van der Waals surface area contributed by atoms with Crippen molar-refractivity contribution in [1.29, 1.82) is 0 Å². The van der Waals surface area contributed by atoms with Gasteiger partial charge in [-0.1, -0.05) is 44.2 Å². The maximum absolute atomic E-state index is 13.2. The van der Waals surface area contributed by atoms with E-state index in [-0.39, 0.29) is 5.91 Å². The second kappa shape index (κ2) is 6.41. The summed E-state index contributed by atoms with van der Waals surface area (Å²) in [6, 6.07) is 10.2. The van der Waals surface area contributed by atoms with Gasteiger partial charge in [0.1, 0.15) is 0 Å². The highest BCUT2D eigenvalue weighted by Crippen LogP contribution is 2.36. The van der Waals surface area contributed by atoms with Crippen molar-refractivity contribution in [2.24, 2.45) is 11.8 Å². The van der Waals surface area contributed by atoms with Gasteiger partial charge in [-0.25, -0.2) is 0 Å². The lowest BCUT2D eigenvalue weighted by Gasteiger charge is -2.39. The summed E-state index contributed by atoms with van der Waals surface area (Å²) in [6.07, 6.45) is 3.07. The van der Waals surface area contributed by atoms with E-state index >= 15 is 0 Å². The minimum atomic E-state index is -0.452. The number of hydrogen-bond donors (Lipinski definition) is 0. The third-order valence-electron chi connectivity index (χ3n) is 5.53. The van der Waals surface area contributed by atoms with Gasteiger partial charge in [-0.05, 0) is 36.7 Å². The summed E-state index contributed by atoms with van der Waals surface area (Å²) in [5.41, 5.74) is 0.662. The normalized spacial score (nSPS) is 26.6. The first kappa shape index (κ1) is 15.5. The van der Waals surface area contributed by atoms with E-state index in [9.17, 15) is 4.79 Å². The molecule has 2 fully saturated rings. The Kier molecular flexibility index (Phi) is 4.53. The van der Waals surface area contributed by atoms with Crippen LogP contribution < -0.4 is 0 Å². The number of rotatable bonds is 3. The molecule has 0 aliphatic carbocycles. The van der Waals surface area contributed by atoms with Crippen LogP contribution in [0.4, 0.5) is 0 Å². The Labute approximate surface area is 133 Å². The van der Waals surface area contributed by atoms with E-state index in [0.717, 1.165) is 49.8 Å². The summed E-state index contributed by atoms with van der Waals surface area (Å²) >= 11 is 0. The fourth-order valence-electron chi connectivity index (χ4n) is 3.91. The SMILES string of the molecule is CC(C)C1CCN(C(=O)C2(c3ccccc3)CCOC2)CC1. The molecule has 2 saturated heterocycles. The average molecular weight is 301 g/mol. The van der Waals surface area contributed by atoms with Crippen molar-refractivity contribution in [1.82, 2.24) is 4.90 Å². The third kappa shape index (κ3) is 2.79. The van der Waals surface area contributed by atoms with Crippen molar-refractivity contribution in [2.45, 2.75) is 38.5 Å². The Hall–Kier alpha value is -1.35. The molecule has 1 aromatic rings.